The van der Waals surface area contributed by atoms with Gasteiger partial charge in [-0.15, -0.1) is 17.8 Å². The van der Waals surface area contributed by atoms with Crippen LogP contribution in [0.15, 0.2) is 28.4 Å². The van der Waals surface area contributed by atoms with Crippen LogP contribution in [0, 0.1) is 26.2 Å². The summed E-state index contributed by atoms with van der Waals surface area (Å²) in [4.78, 5) is 18.6. The molecule has 24 heavy (non-hydrogen) atoms. The van der Waals surface area contributed by atoms with E-state index in [1.54, 1.807) is 4.57 Å². The number of hydrogen-bond donors (Lipinski definition) is 0. The summed E-state index contributed by atoms with van der Waals surface area (Å²) in [5.74, 6) is 3.47. The first-order valence-corrected chi connectivity index (χ1v) is 8.85. The summed E-state index contributed by atoms with van der Waals surface area (Å²) in [5, 5.41) is 2.69. The van der Waals surface area contributed by atoms with E-state index in [0.29, 0.717) is 5.39 Å². The van der Waals surface area contributed by atoms with Crippen molar-refractivity contribution in [2.75, 3.05) is 0 Å². The number of nitrogens with zero attached hydrogens (tertiary/aromatic N) is 2. The van der Waals surface area contributed by atoms with Crippen molar-refractivity contribution in [3.05, 3.63) is 50.9 Å². The van der Waals surface area contributed by atoms with E-state index in [0.717, 1.165) is 21.8 Å². The average molecular weight is 336 g/mol. The van der Waals surface area contributed by atoms with Crippen molar-refractivity contribution in [2.45, 2.75) is 40.2 Å². The van der Waals surface area contributed by atoms with Crippen LogP contribution in [0.5, 0.6) is 0 Å². The molecule has 3 rings (SSSR count). The number of hydrogen-bond acceptors (Lipinski definition) is 3. The first kappa shape index (κ1) is 16.5. The highest BCUT2D eigenvalue weighted by Crippen LogP contribution is 2.32. The van der Waals surface area contributed by atoms with Crippen molar-refractivity contribution in [3.8, 4) is 23.5 Å². The van der Waals surface area contributed by atoms with Crippen LogP contribution in [-0.2, 0) is 6.54 Å². The van der Waals surface area contributed by atoms with Crippen LogP contribution >= 0.6 is 11.3 Å². The Labute approximate surface area is 146 Å². The maximum absolute atomic E-state index is 13.1. The quantitative estimate of drug-likeness (QED) is 0.660. The molecule has 0 saturated carbocycles. The fourth-order valence-electron chi connectivity index (χ4n) is 2.85. The molecule has 0 radical (unpaired) electrons. The van der Waals surface area contributed by atoms with Crippen LogP contribution in [0.25, 0.3) is 21.3 Å². The van der Waals surface area contributed by atoms with Gasteiger partial charge in [-0.25, -0.2) is 4.98 Å². The van der Waals surface area contributed by atoms with Gasteiger partial charge in [-0.3, -0.25) is 9.36 Å². The number of rotatable bonds is 3. The zero-order valence-electron chi connectivity index (χ0n) is 14.4. The standard InChI is InChI=1S/C20H20N2OS/c1-6-9-22-18(12(2)3)21-19-17(20(22)23)16(11-24-19)15-8-7-13(4)14(5)10-15/h1,7-8,10-12H,9H2,2-5H3. The summed E-state index contributed by atoms with van der Waals surface area (Å²) in [6, 6.07) is 6.27. The Morgan fingerprint density at radius 3 is 2.67 bits per heavy atom. The first-order chi connectivity index (χ1) is 11.4. The number of fused-ring (bicyclic) bond motifs is 1. The fourth-order valence-corrected chi connectivity index (χ4v) is 3.79. The van der Waals surface area contributed by atoms with Crippen molar-refractivity contribution in [1.82, 2.24) is 9.55 Å². The molecule has 1 aromatic carbocycles. The van der Waals surface area contributed by atoms with Crippen LogP contribution in [0.2, 0.25) is 0 Å². The second-order valence-electron chi connectivity index (χ2n) is 6.35. The maximum atomic E-state index is 13.1. The van der Waals surface area contributed by atoms with Gasteiger partial charge in [0.1, 0.15) is 10.7 Å². The molecule has 0 saturated heterocycles. The largest absolute Gasteiger partial charge is 0.284 e. The Kier molecular flexibility index (Phi) is 4.29. The Morgan fingerprint density at radius 2 is 2.04 bits per heavy atom. The average Bonchev–Trinajstić information content (AvgIpc) is 2.96. The Balaban J connectivity index is 2.33. The molecule has 0 aliphatic rings. The smallest absolute Gasteiger partial charge is 0.263 e. The van der Waals surface area contributed by atoms with Gasteiger partial charge in [0, 0.05) is 16.9 Å². The second kappa shape index (κ2) is 6.26. The van der Waals surface area contributed by atoms with Crippen LogP contribution in [0.4, 0.5) is 0 Å². The lowest BCUT2D eigenvalue weighted by Gasteiger charge is -2.13. The SMILES string of the molecule is C#CCn1c(C(C)C)nc2scc(-c3ccc(C)c(C)c3)c2c1=O. The van der Waals surface area contributed by atoms with Gasteiger partial charge in [-0.2, -0.15) is 0 Å². The predicted octanol–water partition coefficient (Wildman–Crippen LogP) is 4.50. The molecule has 0 aliphatic carbocycles. The minimum Gasteiger partial charge on any atom is -0.284 e. The highest BCUT2D eigenvalue weighted by Gasteiger charge is 2.18. The molecule has 3 nitrogen and oxygen atoms in total. The molecule has 3 aromatic rings. The lowest BCUT2D eigenvalue weighted by atomic mass is 10.0. The molecule has 0 bridgehead atoms. The molecule has 0 spiro atoms. The molecule has 122 valence electrons. The van der Waals surface area contributed by atoms with Crippen LogP contribution < -0.4 is 5.56 Å². The topological polar surface area (TPSA) is 34.9 Å². The van der Waals surface area contributed by atoms with E-state index < -0.39 is 0 Å². The molecule has 0 atom stereocenters. The molecule has 0 unspecified atom stereocenters. The highest BCUT2D eigenvalue weighted by molar-refractivity contribution is 7.17. The van der Waals surface area contributed by atoms with E-state index in [-0.39, 0.29) is 18.0 Å². The third-order valence-electron chi connectivity index (χ3n) is 4.31. The van der Waals surface area contributed by atoms with E-state index in [1.807, 2.05) is 19.2 Å². The van der Waals surface area contributed by atoms with Gasteiger partial charge >= 0.3 is 0 Å². The van der Waals surface area contributed by atoms with E-state index in [4.69, 9.17) is 11.4 Å². The summed E-state index contributed by atoms with van der Waals surface area (Å²) in [6.07, 6.45) is 5.47. The Morgan fingerprint density at radius 1 is 1.29 bits per heavy atom. The van der Waals surface area contributed by atoms with Crippen LogP contribution in [-0.4, -0.2) is 9.55 Å². The van der Waals surface area contributed by atoms with E-state index in [2.05, 4.69) is 38.0 Å². The summed E-state index contributed by atoms with van der Waals surface area (Å²) < 4.78 is 1.63. The molecule has 0 N–H and O–H groups in total. The van der Waals surface area contributed by atoms with Gasteiger partial charge in [0.2, 0.25) is 0 Å². The molecule has 0 fully saturated rings. The van der Waals surface area contributed by atoms with Gasteiger partial charge in [0.15, 0.2) is 0 Å². The monoisotopic (exact) mass is 336 g/mol. The van der Waals surface area contributed by atoms with Gasteiger partial charge in [-0.05, 0) is 30.5 Å². The molecule has 0 amide bonds. The summed E-state index contributed by atoms with van der Waals surface area (Å²) in [5.41, 5.74) is 4.39. The number of thiophene rings is 1. The van der Waals surface area contributed by atoms with E-state index in [9.17, 15) is 4.79 Å². The zero-order chi connectivity index (χ0) is 17.4. The number of terminal acetylenes is 1. The van der Waals surface area contributed by atoms with Crippen molar-refractivity contribution in [2.24, 2.45) is 0 Å². The Hall–Kier alpha value is -2.38. The molecular formula is C20H20N2OS. The number of aryl methyl sites for hydroxylation is 2. The van der Waals surface area contributed by atoms with Gasteiger partial charge in [-0.1, -0.05) is 38.0 Å². The van der Waals surface area contributed by atoms with Crippen molar-refractivity contribution in [1.29, 1.82) is 0 Å². The van der Waals surface area contributed by atoms with Gasteiger partial charge in [0.25, 0.3) is 5.56 Å². The summed E-state index contributed by atoms with van der Waals surface area (Å²) in [7, 11) is 0. The minimum absolute atomic E-state index is 0.0453. The molecule has 0 aliphatic heterocycles. The second-order valence-corrected chi connectivity index (χ2v) is 7.21. The molecule has 4 heteroatoms. The highest BCUT2D eigenvalue weighted by atomic mass is 32.1. The molecule has 2 heterocycles. The minimum atomic E-state index is -0.0453. The zero-order valence-corrected chi connectivity index (χ0v) is 15.2. The van der Waals surface area contributed by atoms with Crippen LogP contribution in [0.3, 0.4) is 0 Å². The van der Waals surface area contributed by atoms with Crippen LogP contribution in [0.1, 0.15) is 36.7 Å². The van der Waals surface area contributed by atoms with Crippen molar-refractivity contribution < 1.29 is 0 Å². The van der Waals surface area contributed by atoms with E-state index in [1.165, 1.54) is 22.5 Å². The number of aromatic nitrogens is 2. The third-order valence-corrected chi connectivity index (χ3v) is 5.18. The van der Waals surface area contributed by atoms with Gasteiger partial charge < -0.3 is 0 Å². The fraction of sp³-hybridized carbons (Fsp3) is 0.300. The van der Waals surface area contributed by atoms with Crippen molar-refractivity contribution >= 4 is 21.6 Å². The molecule has 2 aromatic heterocycles. The predicted molar refractivity (Wildman–Crippen MR) is 102 cm³/mol. The van der Waals surface area contributed by atoms with Gasteiger partial charge in [0.05, 0.1) is 11.9 Å². The first-order valence-electron chi connectivity index (χ1n) is 7.97. The lowest BCUT2D eigenvalue weighted by Crippen LogP contribution is -2.25. The van der Waals surface area contributed by atoms with Crippen molar-refractivity contribution in [3.63, 3.8) is 0 Å². The van der Waals surface area contributed by atoms with E-state index >= 15 is 0 Å². The maximum Gasteiger partial charge on any atom is 0.263 e. The summed E-state index contributed by atoms with van der Waals surface area (Å²) >= 11 is 1.52. The Bertz CT molecular complexity index is 1020. The third kappa shape index (κ3) is 2.65. The lowest BCUT2D eigenvalue weighted by molar-refractivity contribution is 0.651. The summed E-state index contributed by atoms with van der Waals surface area (Å²) in [6.45, 7) is 8.47. The number of benzene rings is 1. The molecular weight excluding hydrogens is 316 g/mol. The normalized spacial score (nSPS) is 11.2.